The van der Waals surface area contributed by atoms with Gasteiger partial charge in [0, 0.05) is 6.54 Å². The van der Waals surface area contributed by atoms with E-state index in [0.717, 1.165) is 25.9 Å². The van der Waals surface area contributed by atoms with Crippen molar-refractivity contribution < 1.29 is 13.2 Å². The summed E-state index contributed by atoms with van der Waals surface area (Å²) in [6.07, 6.45) is -0.872. The molecule has 0 N–H and O–H groups in total. The zero-order valence-corrected chi connectivity index (χ0v) is 10.1. The van der Waals surface area contributed by atoms with E-state index in [1.165, 1.54) is 11.3 Å². The van der Waals surface area contributed by atoms with E-state index in [1.54, 1.807) is 7.05 Å². The number of halogens is 3. The van der Waals surface area contributed by atoms with E-state index in [0.29, 0.717) is 12.5 Å². The summed E-state index contributed by atoms with van der Waals surface area (Å²) in [6, 6.07) is 0. The van der Waals surface area contributed by atoms with Crippen LogP contribution in [0.4, 0.5) is 13.2 Å². The summed E-state index contributed by atoms with van der Waals surface area (Å²) in [5, 5.41) is 0. The topological polar surface area (TPSA) is 6.48 Å². The van der Waals surface area contributed by atoms with Crippen molar-refractivity contribution in [3.05, 3.63) is 0 Å². The molecule has 1 heterocycles. The average molecular weight is 238 g/mol. The van der Waals surface area contributed by atoms with Crippen LogP contribution in [-0.2, 0) is 0 Å². The van der Waals surface area contributed by atoms with Gasteiger partial charge in [-0.3, -0.25) is 4.90 Å². The lowest BCUT2D eigenvalue weighted by atomic mass is 9.95. The molecule has 0 aromatic carbocycles. The van der Waals surface area contributed by atoms with Crippen molar-refractivity contribution >= 4 is 0 Å². The van der Waals surface area contributed by atoms with Crippen LogP contribution in [0.25, 0.3) is 0 Å². The Morgan fingerprint density at radius 3 is 2.62 bits per heavy atom. The van der Waals surface area contributed by atoms with E-state index in [2.05, 4.69) is 11.9 Å². The Morgan fingerprint density at radius 2 is 2.06 bits per heavy atom. The first-order chi connectivity index (χ1) is 7.37. The minimum absolute atomic E-state index is 0.540. The minimum atomic E-state index is -4.07. The predicted octanol–water partition coefficient (Wildman–Crippen LogP) is 2.21. The second-order valence-corrected chi connectivity index (χ2v) is 4.91. The van der Waals surface area contributed by atoms with Gasteiger partial charge in [0.2, 0.25) is 0 Å². The summed E-state index contributed by atoms with van der Waals surface area (Å²) in [5.41, 5.74) is 0. The molecular formula is C11H21F3N2. The fraction of sp³-hybridized carbons (Fsp3) is 1.00. The van der Waals surface area contributed by atoms with Gasteiger partial charge < -0.3 is 4.90 Å². The largest absolute Gasteiger partial charge is 0.401 e. The molecule has 1 atom stereocenters. The quantitative estimate of drug-likeness (QED) is 0.741. The molecule has 0 aliphatic carbocycles. The second-order valence-electron chi connectivity index (χ2n) is 4.91. The van der Waals surface area contributed by atoms with Gasteiger partial charge in [-0.1, -0.05) is 0 Å². The van der Waals surface area contributed by atoms with E-state index < -0.39 is 12.7 Å². The van der Waals surface area contributed by atoms with E-state index >= 15 is 0 Å². The first-order valence-electron chi connectivity index (χ1n) is 5.80. The number of piperidine rings is 1. The molecule has 1 aliphatic heterocycles. The molecule has 0 saturated carbocycles. The minimum Gasteiger partial charge on any atom is -0.306 e. The highest BCUT2D eigenvalue weighted by Gasteiger charge is 2.29. The van der Waals surface area contributed by atoms with Crippen molar-refractivity contribution in [2.24, 2.45) is 5.92 Å². The normalized spacial score (nSPS) is 24.0. The van der Waals surface area contributed by atoms with Crippen LogP contribution in [0.1, 0.15) is 19.3 Å². The lowest BCUT2D eigenvalue weighted by molar-refractivity contribution is -0.143. The Kier molecular flexibility index (Phi) is 5.05. The predicted molar refractivity (Wildman–Crippen MR) is 58.4 cm³/mol. The average Bonchev–Trinajstić information content (AvgIpc) is 2.12. The molecule has 1 rings (SSSR count). The van der Waals surface area contributed by atoms with Crippen LogP contribution >= 0.6 is 0 Å². The van der Waals surface area contributed by atoms with Gasteiger partial charge in [0.1, 0.15) is 0 Å². The lowest BCUT2D eigenvalue weighted by Gasteiger charge is -2.30. The van der Waals surface area contributed by atoms with Gasteiger partial charge in [0.15, 0.2) is 0 Å². The fourth-order valence-corrected chi connectivity index (χ4v) is 2.30. The monoisotopic (exact) mass is 238 g/mol. The summed E-state index contributed by atoms with van der Waals surface area (Å²) in [4.78, 5) is 3.63. The van der Waals surface area contributed by atoms with Crippen molar-refractivity contribution in [2.75, 3.05) is 40.3 Å². The van der Waals surface area contributed by atoms with Crippen LogP contribution in [-0.4, -0.2) is 56.3 Å². The van der Waals surface area contributed by atoms with Gasteiger partial charge in [-0.05, 0) is 52.4 Å². The lowest BCUT2D eigenvalue weighted by Crippen LogP contribution is -2.36. The molecule has 0 amide bonds. The zero-order valence-electron chi connectivity index (χ0n) is 10.1. The third kappa shape index (κ3) is 5.70. The third-order valence-corrected chi connectivity index (χ3v) is 3.09. The Balaban J connectivity index is 2.18. The molecule has 0 aromatic rings. The van der Waals surface area contributed by atoms with Crippen LogP contribution in [0.3, 0.4) is 0 Å². The Hall–Kier alpha value is -0.290. The van der Waals surface area contributed by atoms with E-state index in [4.69, 9.17) is 0 Å². The molecule has 1 unspecified atom stereocenters. The van der Waals surface area contributed by atoms with Crippen LogP contribution in [0.15, 0.2) is 0 Å². The highest BCUT2D eigenvalue weighted by molar-refractivity contribution is 4.72. The molecule has 1 fully saturated rings. The molecule has 1 saturated heterocycles. The Morgan fingerprint density at radius 1 is 1.38 bits per heavy atom. The number of hydrogen-bond donors (Lipinski definition) is 0. The van der Waals surface area contributed by atoms with Crippen LogP contribution < -0.4 is 0 Å². The Bertz CT molecular complexity index is 206. The van der Waals surface area contributed by atoms with Gasteiger partial charge in [0.05, 0.1) is 6.54 Å². The molecule has 1 aliphatic rings. The molecule has 16 heavy (non-hydrogen) atoms. The van der Waals surface area contributed by atoms with Crippen LogP contribution in [0, 0.1) is 5.92 Å². The van der Waals surface area contributed by atoms with Gasteiger partial charge in [-0.15, -0.1) is 0 Å². The maximum absolute atomic E-state index is 12.1. The van der Waals surface area contributed by atoms with Crippen LogP contribution in [0.5, 0.6) is 0 Å². The molecule has 2 nitrogen and oxygen atoms in total. The summed E-state index contributed by atoms with van der Waals surface area (Å²) < 4.78 is 36.3. The van der Waals surface area contributed by atoms with E-state index in [9.17, 15) is 13.2 Å². The molecule has 96 valence electrons. The van der Waals surface area contributed by atoms with E-state index in [1.807, 2.05) is 0 Å². The highest BCUT2D eigenvalue weighted by atomic mass is 19.4. The molecular weight excluding hydrogens is 217 g/mol. The first kappa shape index (κ1) is 13.8. The SMILES string of the molecule is CN1CCCC(CCN(C)CC(F)(F)F)C1. The summed E-state index contributed by atoms with van der Waals surface area (Å²) in [7, 11) is 3.62. The molecule has 0 radical (unpaired) electrons. The maximum Gasteiger partial charge on any atom is 0.401 e. The number of alkyl halides is 3. The molecule has 0 bridgehead atoms. The van der Waals surface area contributed by atoms with Crippen molar-refractivity contribution in [3.63, 3.8) is 0 Å². The molecule has 0 spiro atoms. The number of nitrogens with zero attached hydrogens (tertiary/aromatic N) is 2. The fourth-order valence-electron chi connectivity index (χ4n) is 2.30. The Labute approximate surface area is 95.4 Å². The highest BCUT2D eigenvalue weighted by Crippen LogP contribution is 2.20. The summed E-state index contributed by atoms with van der Waals surface area (Å²) in [6.45, 7) is 1.89. The van der Waals surface area contributed by atoms with E-state index in [-0.39, 0.29) is 0 Å². The molecule has 5 heteroatoms. The standard InChI is InChI=1S/C11H21F3N2/c1-15-6-3-4-10(8-15)5-7-16(2)9-11(12,13)14/h10H,3-9H2,1-2H3. The third-order valence-electron chi connectivity index (χ3n) is 3.09. The van der Waals surface area contributed by atoms with Crippen molar-refractivity contribution in [1.29, 1.82) is 0 Å². The smallest absolute Gasteiger partial charge is 0.306 e. The first-order valence-corrected chi connectivity index (χ1v) is 5.80. The van der Waals surface area contributed by atoms with Gasteiger partial charge in [-0.25, -0.2) is 0 Å². The van der Waals surface area contributed by atoms with Gasteiger partial charge >= 0.3 is 6.18 Å². The second kappa shape index (κ2) is 5.87. The maximum atomic E-state index is 12.1. The number of rotatable bonds is 4. The van der Waals surface area contributed by atoms with Crippen LogP contribution in [0.2, 0.25) is 0 Å². The summed E-state index contributed by atoms with van der Waals surface area (Å²) in [5.74, 6) is 0.564. The van der Waals surface area contributed by atoms with Crippen molar-refractivity contribution in [1.82, 2.24) is 9.80 Å². The zero-order chi connectivity index (χ0) is 12.2. The van der Waals surface area contributed by atoms with Crippen molar-refractivity contribution in [3.8, 4) is 0 Å². The van der Waals surface area contributed by atoms with Crippen molar-refractivity contribution in [2.45, 2.75) is 25.4 Å². The molecule has 0 aromatic heterocycles. The summed E-state index contributed by atoms with van der Waals surface area (Å²) >= 11 is 0. The van der Waals surface area contributed by atoms with Gasteiger partial charge in [0.25, 0.3) is 0 Å². The number of hydrogen-bond acceptors (Lipinski definition) is 2. The number of likely N-dealkylation sites (tertiary alicyclic amines) is 1. The van der Waals surface area contributed by atoms with Gasteiger partial charge in [-0.2, -0.15) is 13.2 Å².